The lowest BCUT2D eigenvalue weighted by atomic mass is 9.98. The van der Waals surface area contributed by atoms with Crippen molar-refractivity contribution in [1.82, 2.24) is 10.6 Å². The van der Waals surface area contributed by atoms with E-state index >= 15 is 0 Å². The average Bonchev–Trinajstić information content (AvgIpc) is 3.52. The van der Waals surface area contributed by atoms with Crippen LogP contribution in [0.15, 0.2) is 48.5 Å². The van der Waals surface area contributed by atoms with Crippen LogP contribution in [0.3, 0.4) is 0 Å². The van der Waals surface area contributed by atoms with Gasteiger partial charge in [-0.15, -0.1) is 0 Å². The van der Waals surface area contributed by atoms with Gasteiger partial charge in [-0.2, -0.15) is 0 Å². The van der Waals surface area contributed by atoms with E-state index in [1.807, 2.05) is 31.2 Å². The summed E-state index contributed by atoms with van der Waals surface area (Å²) in [4.78, 5) is 35.5. The largest absolute Gasteiger partial charge is 0.481 e. The zero-order valence-electron chi connectivity index (χ0n) is 18.1. The third-order valence-corrected chi connectivity index (χ3v) is 6.40. The minimum Gasteiger partial charge on any atom is -0.481 e. The summed E-state index contributed by atoms with van der Waals surface area (Å²) in [6.45, 7) is 2.56. The Balaban J connectivity index is 1.22. The molecule has 0 heterocycles. The zero-order chi connectivity index (χ0) is 22.7. The summed E-state index contributed by atoms with van der Waals surface area (Å²) in [6.07, 6.45) is 0.893. The molecule has 0 aromatic heterocycles. The SMILES string of the molecule is CC(CNC(=O)OCC1c2ccccc2-c2ccccc21)CC(=O)NCC1(C(=O)O)CC1. The summed E-state index contributed by atoms with van der Waals surface area (Å²) >= 11 is 0. The standard InChI is InChI=1S/C25H28N2O5/c1-16(12-22(28)27-15-25(10-11-25)23(29)30)13-26-24(31)32-14-21-19-8-4-2-6-17(19)18-7-3-5-9-20(18)21/h2-9,16,21H,10-15H2,1H3,(H,26,31)(H,27,28)(H,29,30). The van der Waals surface area contributed by atoms with Gasteiger partial charge in [-0.25, -0.2) is 4.79 Å². The van der Waals surface area contributed by atoms with Gasteiger partial charge in [0, 0.05) is 25.4 Å². The van der Waals surface area contributed by atoms with E-state index in [4.69, 9.17) is 9.84 Å². The van der Waals surface area contributed by atoms with Crippen LogP contribution in [-0.4, -0.2) is 42.8 Å². The number of alkyl carbamates (subject to hydrolysis) is 1. The highest BCUT2D eigenvalue weighted by Crippen LogP contribution is 2.45. The van der Waals surface area contributed by atoms with Crippen molar-refractivity contribution >= 4 is 18.0 Å². The maximum absolute atomic E-state index is 12.3. The minimum absolute atomic E-state index is 0.000307. The number of carbonyl (C=O) groups is 3. The van der Waals surface area contributed by atoms with Gasteiger partial charge < -0.3 is 20.5 Å². The van der Waals surface area contributed by atoms with Gasteiger partial charge in [-0.05, 0) is 41.0 Å². The molecule has 2 aromatic rings. The minimum atomic E-state index is -0.859. The van der Waals surface area contributed by atoms with Crippen molar-refractivity contribution in [2.75, 3.05) is 19.7 Å². The van der Waals surface area contributed by atoms with Crippen LogP contribution in [0.5, 0.6) is 0 Å². The molecule has 2 amide bonds. The molecular formula is C25H28N2O5. The monoisotopic (exact) mass is 436 g/mol. The van der Waals surface area contributed by atoms with Crippen LogP contribution in [-0.2, 0) is 14.3 Å². The highest BCUT2D eigenvalue weighted by molar-refractivity contribution is 5.81. The first-order valence-corrected chi connectivity index (χ1v) is 11.0. The molecule has 1 saturated carbocycles. The molecule has 0 saturated heterocycles. The number of rotatable bonds is 9. The summed E-state index contributed by atoms with van der Waals surface area (Å²) < 4.78 is 5.51. The lowest BCUT2D eigenvalue weighted by Gasteiger charge is -2.16. The van der Waals surface area contributed by atoms with Crippen molar-refractivity contribution in [2.24, 2.45) is 11.3 Å². The maximum atomic E-state index is 12.3. The number of carbonyl (C=O) groups excluding carboxylic acids is 2. The number of hydrogen-bond donors (Lipinski definition) is 3. The number of hydrogen-bond acceptors (Lipinski definition) is 4. The van der Waals surface area contributed by atoms with E-state index in [9.17, 15) is 14.4 Å². The van der Waals surface area contributed by atoms with E-state index in [2.05, 4.69) is 34.9 Å². The van der Waals surface area contributed by atoms with Crippen LogP contribution in [0.25, 0.3) is 11.1 Å². The molecule has 7 nitrogen and oxygen atoms in total. The Morgan fingerprint density at radius 2 is 1.62 bits per heavy atom. The van der Waals surface area contributed by atoms with Crippen molar-refractivity contribution in [3.63, 3.8) is 0 Å². The third-order valence-electron chi connectivity index (χ3n) is 6.40. The van der Waals surface area contributed by atoms with Crippen molar-refractivity contribution < 1.29 is 24.2 Å². The number of benzene rings is 2. The number of amides is 2. The molecule has 2 aromatic carbocycles. The van der Waals surface area contributed by atoms with Crippen molar-refractivity contribution in [3.05, 3.63) is 59.7 Å². The summed E-state index contributed by atoms with van der Waals surface area (Å²) in [6, 6.07) is 16.3. The molecule has 3 N–H and O–H groups in total. The fourth-order valence-electron chi connectivity index (χ4n) is 4.25. The van der Waals surface area contributed by atoms with Gasteiger partial charge in [0.25, 0.3) is 0 Å². The molecule has 7 heteroatoms. The van der Waals surface area contributed by atoms with Crippen molar-refractivity contribution in [3.8, 4) is 11.1 Å². The highest BCUT2D eigenvalue weighted by Gasteiger charge is 2.50. The van der Waals surface area contributed by atoms with Crippen LogP contribution < -0.4 is 10.6 Å². The summed E-state index contributed by atoms with van der Waals surface area (Å²) in [5.41, 5.74) is 3.88. The summed E-state index contributed by atoms with van der Waals surface area (Å²) in [5.74, 6) is -1.17. The fraction of sp³-hybridized carbons (Fsp3) is 0.400. The molecule has 0 bridgehead atoms. The van der Waals surface area contributed by atoms with Crippen LogP contribution in [0.2, 0.25) is 0 Å². The zero-order valence-corrected chi connectivity index (χ0v) is 18.1. The number of nitrogens with one attached hydrogen (secondary N) is 2. The third kappa shape index (κ3) is 4.61. The second-order valence-corrected chi connectivity index (χ2v) is 8.88. The lowest BCUT2D eigenvalue weighted by Crippen LogP contribution is -2.36. The Morgan fingerprint density at radius 3 is 2.19 bits per heavy atom. The van der Waals surface area contributed by atoms with Crippen LogP contribution in [0.4, 0.5) is 4.79 Å². The molecule has 0 spiro atoms. The number of fused-ring (bicyclic) bond motifs is 3. The molecule has 1 atom stereocenters. The van der Waals surface area contributed by atoms with Crippen molar-refractivity contribution in [2.45, 2.75) is 32.1 Å². The molecular weight excluding hydrogens is 408 g/mol. The Labute approximate surface area is 187 Å². The normalized spacial score (nSPS) is 16.4. The molecule has 1 fully saturated rings. The smallest absolute Gasteiger partial charge is 0.407 e. The van der Waals surface area contributed by atoms with E-state index in [0.29, 0.717) is 19.4 Å². The summed E-state index contributed by atoms with van der Waals surface area (Å²) in [5, 5.41) is 14.6. The molecule has 168 valence electrons. The number of carboxylic acids is 1. The molecule has 1 unspecified atom stereocenters. The fourth-order valence-corrected chi connectivity index (χ4v) is 4.25. The van der Waals surface area contributed by atoms with Crippen molar-refractivity contribution in [1.29, 1.82) is 0 Å². The van der Waals surface area contributed by atoms with Crippen LogP contribution in [0.1, 0.15) is 43.2 Å². The van der Waals surface area contributed by atoms with E-state index in [1.54, 1.807) is 0 Å². The average molecular weight is 437 g/mol. The second-order valence-electron chi connectivity index (χ2n) is 8.88. The van der Waals surface area contributed by atoms with Gasteiger partial charge in [-0.3, -0.25) is 9.59 Å². The first-order chi connectivity index (χ1) is 15.4. The Morgan fingerprint density at radius 1 is 1.03 bits per heavy atom. The number of carboxylic acid groups (broad SMARTS) is 1. The molecule has 0 aliphatic heterocycles. The van der Waals surface area contributed by atoms with E-state index < -0.39 is 17.5 Å². The van der Waals surface area contributed by atoms with Gasteiger partial charge >= 0.3 is 12.1 Å². The van der Waals surface area contributed by atoms with Crippen LogP contribution in [0, 0.1) is 11.3 Å². The van der Waals surface area contributed by atoms with E-state index in [1.165, 1.54) is 11.1 Å². The van der Waals surface area contributed by atoms with Gasteiger partial charge in [0.2, 0.25) is 5.91 Å². The van der Waals surface area contributed by atoms with Crippen LogP contribution >= 0.6 is 0 Å². The second kappa shape index (κ2) is 9.02. The van der Waals surface area contributed by atoms with E-state index in [-0.39, 0.29) is 37.3 Å². The quantitative estimate of drug-likeness (QED) is 0.558. The Kier molecular flexibility index (Phi) is 6.17. The molecule has 0 radical (unpaired) electrons. The number of aliphatic carboxylic acids is 1. The Hall–Kier alpha value is -3.35. The highest BCUT2D eigenvalue weighted by atomic mass is 16.5. The summed E-state index contributed by atoms with van der Waals surface area (Å²) in [7, 11) is 0. The van der Waals surface area contributed by atoms with Gasteiger partial charge in [0.1, 0.15) is 6.61 Å². The Bertz CT molecular complexity index is 985. The molecule has 2 aliphatic rings. The van der Waals surface area contributed by atoms with E-state index in [0.717, 1.165) is 11.1 Å². The van der Waals surface area contributed by atoms with Gasteiger partial charge in [0.05, 0.1) is 5.41 Å². The van der Waals surface area contributed by atoms with Gasteiger partial charge in [-0.1, -0.05) is 55.5 Å². The topological polar surface area (TPSA) is 105 Å². The molecule has 32 heavy (non-hydrogen) atoms. The maximum Gasteiger partial charge on any atom is 0.407 e. The predicted molar refractivity (Wildman–Crippen MR) is 119 cm³/mol. The lowest BCUT2D eigenvalue weighted by molar-refractivity contribution is -0.143. The predicted octanol–water partition coefficient (Wildman–Crippen LogP) is 3.53. The number of ether oxygens (including phenoxy) is 1. The first-order valence-electron chi connectivity index (χ1n) is 11.0. The molecule has 2 aliphatic carbocycles. The first kappa shape index (κ1) is 21.9. The molecule has 4 rings (SSSR count). The van der Waals surface area contributed by atoms with Gasteiger partial charge in [0.15, 0.2) is 0 Å².